The Morgan fingerprint density at radius 1 is 1.06 bits per heavy atom. The van der Waals surface area contributed by atoms with Gasteiger partial charge in [0.2, 0.25) is 0 Å². The van der Waals surface area contributed by atoms with Gasteiger partial charge < -0.3 is 9.47 Å². The van der Waals surface area contributed by atoms with Crippen molar-refractivity contribution in [1.82, 2.24) is 0 Å². The summed E-state index contributed by atoms with van der Waals surface area (Å²) in [4.78, 5) is 0. The second kappa shape index (κ2) is 6.59. The minimum Gasteiger partial charge on any atom is -0.491 e. The molecule has 2 rings (SSSR count). The molecule has 0 spiro atoms. The molecule has 17 heavy (non-hydrogen) atoms. The van der Waals surface area contributed by atoms with Crippen LogP contribution in [-0.4, -0.2) is 23.2 Å². The Morgan fingerprint density at radius 3 is 2.41 bits per heavy atom. The van der Waals surface area contributed by atoms with Crippen LogP contribution < -0.4 is 4.74 Å². The fourth-order valence-electron chi connectivity index (χ4n) is 2.27. The molecule has 1 aromatic carbocycles. The number of hydrogen-bond acceptors (Lipinski definition) is 2. The first-order valence-electron chi connectivity index (χ1n) is 6.22. The van der Waals surface area contributed by atoms with E-state index >= 15 is 0 Å². The Labute approximate surface area is 117 Å². The van der Waals surface area contributed by atoms with Crippen LogP contribution in [-0.2, 0) is 4.74 Å². The van der Waals surface area contributed by atoms with Crippen molar-refractivity contribution in [3.05, 3.63) is 30.3 Å². The van der Waals surface area contributed by atoms with Crippen LogP contribution in [0.5, 0.6) is 5.75 Å². The van der Waals surface area contributed by atoms with Gasteiger partial charge in [0.15, 0.2) is 0 Å². The van der Waals surface area contributed by atoms with Gasteiger partial charge in [0.05, 0.1) is 12.2 Å². The fraction of sp³-hybridized carbons (Fsp3) is 0.571. The van der Waals surface area contributed by atoms with E-state index in [0.717, 1.165) is 10.2 Å². The van der Waals surface area contributed by atoms with Crippen molar-refractivity contribution in [2.24, 2.45) is 0 Å². The number of ether oxygens (including phenoxy) is 2. The van der Waals surface area contributed by atoms with Crippen molar-refractivity contribution in [2.75, 3.05) is 17.6 Å². The Balaban J connectivity index is 1.69. The highest BCUT2D eigenvalue weighted by Crippen LogP contribution is 2.34. The Kier molecular flexibility index (Phi) is 5.10. The van der Waals surface area contributed by atoms with E-state index in [4.69, 9.17) is 9.47 Å². The van der Waals surface area contributed by atoms with Gasteiger partial charge in [-0.1, -0.05) is 53.6 Å². The lowest BCUT2D eigenvalue weighted by molar-refractivity contribution is -0.0318. The Hall–Kier alpha value is -0.290. The van der Waals surface area contributed by atoms with Crippen molar-refractivity contribution in [2.45, 2.75) is 31.3 Å². The van der Waals surface area contributed by atoms with E-state index in [0.29, 0.717) is 13.2 Å². The molecule has 1 fully saturated rings. The predicted octanol–water partition coefficient (Wildman–Crippen LogP) is 3.83. The van der Waals surface area contributed by atoms with Gasteiger partial charge in [-0.25, -0.2) is 0 Å². The monoisotopic (exact) mass is 346 g/mol. The number of rotatable bonds is 6. The first-order chi connectivity index (χ1) is 8.35. The molecule has 0 bridgehead atoms. The molecule has 2 nitrogen and oxygen atoms in total. The van der Waals surface area contributed by atoms with Gasteiger partial charge in [0.1, 0.15) is 12.4 Å². The summed E-state index contributed by atoms with van der Waals surface area (Å²) in [5, 5.41) is 0. The molecule has 0 radical (unpaired) electrons. The van der Waals surface area contributed by atoms with Crippen LogP contribution in [0.25, 0.3) is 0 Å². The van der Waals surface area contributed by atoms with Gasteiger partial charge >= 0.3 is 0 Å². The highest BCUT2D eigenvalue weighted by Gasteiger charge is 2.33. The molecule has 0 amide bonds. The second-order valence-corrected chi connectivity index (χ2v) is 5.30. The molecule has 3 heteroatoms. The smallest absolute Gasteiger partial charge is 0.119 e. The molecule has 0 N–H and O–H groups in total. The average Bonchev–Trinajstić information content (AvgIpc) is 2.85. The third-order valence-corrected chi connectivity index (χ3v) is 4.65. The van der Waals surface area contributed by atoms with E-state index in [-0.39, 0.29) is 5.60 Å². The van der Waals surface area contributed by atoms with Gasteiger partial charge in [-0.05, 0) is 25.0 Å². The van der Waals surface area contributed by atoms with Crippen LogP contribution in [0.2, 0.25) is 0 Å². The molecule has 0 aliphatic heterocycles. The van der Waals surface area contributed by atoms with Crippen LogP contribution in [0.1, 0.15) is 25.7 Å². The zero-order chi connectivity index (χ0) is 12.0. The molecule has 1 aliphatic rings. The van der Waals surface area contributed by atoms with Crippen molar-refractivity contribution in [3.8, 4) is 5.75 Å². The largest absolute Gasteiger partial charge is 0.491 e. The zero-order valence-corrected chi connectivity index (χ0v) is 12.2. The quantitative estimate of drug-likeness (QED) is 0.443. The summed E-state index contributed by atoms with van der Waals surface area (Å²) in [6.07, 6.45) is 5.04. The van der Waals surface area contributed by atoms with Gasteiger partial charge in [0.25, 0.3) is 0 Å². The van der Waals surface area contributed by atoms with E-state index in [1.165, 1.54) is 25.7 Å². The summed E-state index contributed by atoms with van der Waals surface area (Å²) >= 11 is 2.44. The summed E-state index contributed by atoms with van der Waals surface area (Å²) < 4.78 is 12.8. The van der Waals surface area contributed by atoms with Crippen LogP contribution in [0.3, 0.4) is 0 Å². The maximum Gasteiger partial charge on any atom is 0.119 e. The number of halogens is 1. The third kappa shape index (κ3) is 3.85. The van der Waals surface area contributed by atoms with E-state index in [1.54, 1.807) is 0 Å². The fourth-order valence-corrected chi connectivity index (χ4v) is 3.25. The molecule has 0 atom stereocenters. The molecule has 1 saturated carbocycles. The van der Waals surface area contributed by atoms with E-state index < -0.39 is 0 Å². The number of para-hydroxylation sites is 1. The van der Waals surface area contributed by atoms with Gasteiger partial charge in [0, 0.05) is 4.43 Å². The van der Waals surface area contributed by atoms with Crippen LogP contribution in [0, 0.1) is 0 Å². The topological polar surface area (TPSA) is 18.5 Å². The molecular weight excluding hydrogens is 327 g/mol. The van der Waals surface area contributed by atoms with Crippen molar-refractivity contribution in [3.63, 3.8) is 0 Å². The highest BCUT2D eigenvalue weighted by molar-refractivity contribution is 14.1. The number of benzene rings is 1. The van der Waals surface area contributed by atoms with Gasteiger partial charge in [-0.15, -0.1) is 0 Å². The van der Waals surface area contributed by atoms with Crippen LogP contribution in [0.15, 0.2) is 30.3 Å². The molecule has 94 valence electrons. The lowest BCUT2D eigenvalue weighted by Crippen LogP contribution is -2.32. The summed E-state index contributed by atoms with van der Waals surface area (Å²) in [6, 6.07) is 9.92. The van der Waals surface area contributed by atoms with E-state index in [2.05, 4.69) is 22.6 Å². The first-order valence-corrected chi connectivity index (χ1v) is 7.75. The van der Waals surface area contributed by atoms with Crippen LogP contribution in [0.4, 0.5) is 0 Å². The minimum absolute atomic E-state index is 0.139. The van der Waals surface area contributed by atoms with Crippen molar-refractivity contribution < 1.29 is 9.47 Å². The van der Waals surface area contributed by atoms with Crippen molar-refractivity contribution >= 4 is 22.6 Å². The second-order valence-electron chi connectivity index (χ2n) is 4.53. The van der Waals surface area contributed by atoms with Crippen LogP contribution >= 0.6 is 22.6 Å². The maximum absolute atomic E-state index is 6.03. The lowest BCUT2D eigenvalue weighted by Gasteiger charge is -2.27. The molecular formula is C14H19IO2. The van der Waals surface area contributed by atoms with E-state index in [1.807, 2.05) is 30.3 Å². The highest BCUT2D eigenvalue weighted by atomic mass is 127. The Bertz CT molecular complexity index is 320. The molecule has 1 aromatic rings. The predicted molar refractivity (Wildman–Crippen MR) is 78.0 cm³/mol. The third-order valence-electron chi connectivity index (χ3n) is 3.26. The molecule has 0 aromatic heterocycles. The zero-order valence-electron chi connectivity index (χ0n) is 10.0. The molecule has 0 heterocycles. The summed E-state index contributed by atoms with van der Waals surface area (Å²) in [6.45, 7) is 1.33. The molecule has 0 unspecified atom stereocenters. The first kappa shape index (κ1) is 13.1. The summed E-state index contributed by atoms with van der Waals surface area (Å²) in [5.41, 5.74) is 0.139. The van der Waals surface area contributed by atoms with Gasteiger partial charge in [-0.2, -0.15) is 0 Å². The normalized spacial score (nSPS) is 18.2. The average molecular weight is 346 g/mol. The molecule has 0 saturated heterocycles. The number of hydrogen-bond donors (Lipinski definition) is 0. The van der Waals surface area contributed by atoms with Crippen molar-refractivity contribution in [1.29, 1.82) is 0 Å². The summed E-state index contributed by atoms with van der Waals surface area (Å²) in [5.74, 6) is 0.922. The SMILES string of the molecule is ICC1(OCCOc2ccccc2)CCCC1. The maximum atomic E-state index is 6.03. The Morgan fingerprint density at radius 2 is 1.76 bits per heavy atom. The number of alkyl halides is 1. The lowest BCUT2D eigenvalue weighted by atomic mass is 10.1. The summed E-state index contributed by atoms with van der Waals surface area (Å²) in [7, 11) is 0. The molecule has 1 aliphatic carbocycles. The van der Waals surface area contributed by atoms with E-state index in [9.17, 15) is 0 Å². The standard InChI is InChI=1S/C14H19IO2/c15-12-14(8-4-5-9-14)17-11-10-16-13-6-2-1-3-7-13/h1-3,6-7H,4-5,8-12H2. The minimum atomic E-state index is 0.139. The van der Waals surface area contributed by atoms with Gasteiger partial charge in [-0.3, -0.25) is 0 Å².